The zero-order valence-corrected chi connectivity index (χ0v) is 13.6. The second-order valence-electron chi connectivity index (χ2n) is 5.57. The molecule has 1 unspecified atom stereocenters. The van der Waals surface area contributed by atoms with Crippen molar-refractivity contribution in [1.29, 1.82) is 0 Å². The standard InChI is InChI=1S/C17H26N4/c1-5-9-18-17(16-12-21(4)20-13(16)3)10-15-8-7-14(6-2)11-19-15/h7-8,11-12,17-18H,5-6,9-10H2,1-4H3. The molecule has 2 aromatic rings. The van der Waals surface area contributed by atoms with E-state index < -0.39 is 0 Å². The number of aromatic nitrogens is 3. The minimum absolute atomic E-state index is 0.277. The largest absolute Gasteiger partial charge is 0.309 e. The molecular weight excluding hydrogens is 260 g/mol. The Labute approximate surface area is 127 Å². The third-order valence-corrected chi connectivity index (χ3v) is 3.78. The summed E-state index contributed by atoms with van der Waals surface area (Å²) in [5.74, 6) is 0. The van der Waals surface area contributed by atoms with Crippen molar-refractivity contribution in [3.05, 3.63) is 47.0 Å². The van der Waals surface area contributed by atoms with Crippen LogP contribution in [0.25, 0.3) is 0 Å². The molecule has 0 saturated heterocycles. The molecular formula is C17H26N4. The third kappa shape index (κ3) is 4.14. The summed E-state index contributed by atoms with van der Waals surface area (Å²) >= 11 is 0. The van der Waals surface area contributed by atoms with Crippen molar-refractivity contribution in [2.24, 2.45) is 7.05 Å². The molecule has 1 N–H and O–H groups in total. The lowest BCUT2D eigenvalue weighted by atomic mass is 10.0. The van der Waals surface area contributed by atoms with Crippen molar-refractivity contribution in [2.45, 2.75) is 46.1 Å². The lowest BCUT2D eigenvalue weighted by Crippen LogP contribution is -2.24. The van der Waals surface area contributed by atoms with Crippen LogP contribution >= 0.6 is 0 Å². The van der Waals surface area contributed by atoms with Crippen molar-refractivity contribution in [3.63, 3.8) is 0 Å². The highest BCUT2D eigenvalue weighted by atomic mass is 15.3. The van der Waals surface area contributed by atoms with E-state index in [0.29, 0.717) is 0 Å². The van der Waals surface area contributed by atoms with Crippen LogP contribution in [0.4, 0.5) is 0 Å². The summed E-state index contributed by atoms with van der Waals surface area (Å²) in [6, 6.07) is 4.60. The van der Waals surface area contributed by atoms with Gasteiger partial charge in [0.15, 0.2) is 0 Å². The van der Waals surface area contributed by atoms with Crippen LogP contribution < -0.4 is 5.32 Å². The van der Waals surface area contributed by atoms with Crippen LogP contribution in [0.3, 0.4) is 0 Å². The Morgan fingerprint density at radius 1 is 1.29 bits per heavy atom. The second kappa shape index (κ2) is 7.36. The van der Waals surface area contributed by atoms with Gasteiger partial charge in [-0.15, -0.1) is 0 Å². The van der Waals surface area contributed by atoms with E-state index in [9.17, 15) is 0 Å². The van der Waals surface area contributed by atoms with Gasteiger partial charge in [-0.3, -0.25) is 9.67 Å². The molecule has 0 aliphatic carbocycles. The van der Waals surface area contributed by atoms with Gasteiger partial charge in [-0.05, 0) is 37.9 Å². The van der Waals surface area contributed by atoms with Crippen molar-refractivity contribution in [1.82, 2.24) is 20.1 Å². The van der Waals surface area contributed by atoms with Gasteiger partial charge in [0.2, 0.25) is 0 Å². The molecule has 0 saturated carbocycles. The van der Waals surface area contributed by atoms with Crippen LogP contribution in [0.1, 0.15) is 48.8 Å². The summed E-state index contributed by atoms with van der Waals surface area (Å²) in [6.45, 7) is 7.42. The number of aryl methyl sites for hydroxylation is 3. The lowest BCUT2D eigenvalue weighted by Gasteiger charge is -2.18. The molecule has 4 nitrogen and oxygen atoms in total. The molecule has 0 bridgehead atoms. The van der Waals surface area contributed by atoms with E-state index in [2.05, 4.69) is 54.5 Å². The van der Waals surface area contributed by atoms with E-state index in [4.69, 9.17) is 0 Å². The summed E-state index contributed by atoms with van der Waals surface area (Å²) < 4.78 is 1.89. The first-order valence-corrected chi connectivity index (χ1v) is 7.81. The smallest absolute Gasteiger partial charge is 0.0641 e. The van der Waals surface area contributed by atoms with Crippen molar-refractivity contribution >= 4 is 0 Å². The first-order chi connectivity index (χ1) is 10.1. The molecule has 0 spiro atoms. The van der Waals surface area contributed by atoms with E-state index in [-0.39, 0.29) is 6.04 Å². The molecule has 0 aliphatic heterocycles. The molecule has 0 fully saturated rings. The summed E-state index contributed by atoms with van der Waals surface area (Å²) in [5.41, 5.74) is 4.78. The summed E-state index contributed by atoms with van der Waals surface area (Å²) in [4.78, 5) is 4.59. The Hall–Kier alpha value is -1.68. The van der Waals surface area contributed by atoms with Crippen LogP contribution in [0, 0.1) is 6.92 Å². The maximum Gasteiger partial charge on any atom is 0.0641 e. The predicted octanol–water partition coefficient (Wildman–Crippen LogP) is 2.97. The quantitative estimate of drug-likeness (QED) is 0.851. The summed E-state index contributed by atoms with van der Waals surface area (Å²) in [6.07, 6.45) is 7.16. The van der Waals surface area contributed by atoms with Crippen LogP contribution in [0.15, 0.2) is 24.5 Å². The third-order valence-electron chi connectivity index (χ3n) is 3.78. The highest BCUT2D eigenvalue weighted by Gasteiger charge is 2.17. The second-order valence-corrected chi connectivity index (χ2v) is 5.57. The Morgan fingerprint density at radius 3 is 2.62 bits per heavy atom. The monoisotopic (exact) mass is 286 g/mol. The number of pyridine rings is 1. The number of rotatable bonds is 7. The number of nitrogens with one attached hydrogen (secondary N) is 1. The highest BCUT2D eigenvalue weighted by molar-refractivity contribution is 5.23. The van der Waals surface area contributed by atoms with Crippen molar-refractivity contribution < 1.29 is 0 Å². The normalized spacial score (nSPS) is 12.6. The molecule has 114 valence electrons. The number of nitrogens with zero attached hydrogens (tertiary/aromatic N) is 3. The molecule has 0 amide bonds. The highest BCUT2D eigenvalue weighted by Crippen LogP contribution is 2.20. The Balaban J connectivity index is 2.17. The first-order valence-electron chi connectivity index (χ1n) is 7.81. The van der Waals surface area contributed by atoms with Crippen LogP contribution in [-0.2, 0) is 19.9 Å². The van der Waals surface area contributed by atoms with E-state index in [1.807, 2.05) is 17.9 Å². The SMILES string of the molecule is CCCNC(Cc1ccc(CC)cn1)c1cn(C)nc1C. The van der Waals surface area contributed by atoms with Gasteiger partial charge in [-0.1, -0.05) is 19.9 Å². The average Bonchev–Trinajstić information content (AvgIpc) is 2.83. The molecule has 2 aromatic heterocycles. The maximum absolute atomic E-state index is 4.59. The zero-order valence-electron chi connectivity index (χ0n) is 13.6. The van der Waals surface area contributed by atoms with Gasteiger partial charge in [0.25, 0.3) is 0 Å². The fourth-order valence-electron chi connectivity index (χ4n) is 2.56. The number of hydrogen-bond donors (Lipinski definition) is 1. The molecule has 4 heteroatoms. The average molecular weight is 286 g/mol. The molecule has 2 rings (SSSR count). The molecule has 2 heterocycles. The van der Waals surface area contributed by atoms with Crippen molar-refractivity contribution in [2.75, 3.05) is 6.54 Å². The van der Waals surface area contributed by atoms with E-state index in [1.165, 1.54) is 11.1 Å². The Morgan fingerprint density at radius 2 is 2.10 bits per heavy atom. The molecule has 21 heavy (non-hydrogen) atoms. The van der Waals surface area contributed by atoms with E-state index >= 15 is 0 Å². The van der Waals surface area contributed by atoms with Gasteiger partial charge < -0.3 is 5.32 Å². The Bertz CT molecular complexity index is 557. The van der Waals surface area contributed by atoms with Gasteiger partial charge in [0, 0.05) is 43.2 Å². The molecule has 0 radical (unpaired) electrons. The fraction of sp³-hybridized carbons (Fsp3) is 0.529. The van der Waals surface area contributed by atoms with E-state index in [1.54, 1.807) is 0 Å². The minimum Gasteiger partial charge on any atom is -0.309 e. The fourth-order valence-corrected chi connectivity index (χ4v) is 2.56. The topological polar surface area (TPSA) is 42.7 Å². The van der Waals surface area contributed by atoms with Crippen molar-refractivity contribution in [3.8, 4) is 0 Å². The van der Waals surface area contributed by atoms with Crippen LogP contribution in [0.2, 0.25) is 0 Å². The summed E-state index contributed by atoms with van der Waals surface area (Å²) in [7, 11) is 1.97. The zero-order chi connectivity index (χ0) is 15.2. The first kappa shape index (κ1) is 15.7. The molecule has 1 atom stereocenters. The minimum atomic E-state index is 0.277. The van der Waals surface area contributed by atoms with Gasteiger partial charge >= 0.3 is 0 Å². The Kier molecular flexibility index (Phi) is 5.51. The number of hydrogen-bond acceptors (Lipinski definition) is 3. The maximum atomic E-state index is 4.59. The predicted molar refractivity (Wildman–Crippen MR) is 86.3 cm³/mol. The van der Waals surface area contributed by atoms with Gasteiger partial charge in [0.1, 0.15) is 0 Å². The molecule has 0 aliphatic rings. The van der Waals surface area contributed by atoms with E-state index in [0.717, 1.165) is 37.2 Å². The van der Waals surface area contributed by atoms with Gasteiger partial charge in [-0.2, -0.15) is 5.10 Å². The lowest BCUT2D eigenvalue weighted by molar-refractivity contribution is 0.522. The van der Waals surface area contributed by atoms with Crippen LogP contribution in [-0.4, -0.2) is 21.3 Å². The van der Waals surface area contributed by atoms with Gasteiger partial charge in [-0.25, -0.2) is 0 Å². The summed E-state index contributed by atoms with van der Waals surface area (Å²) in [5, 5.41) is 8.09. The van der Waals surface area contributed by atoms with Gasteiger partial charge in [0.05, 0.1) is 5.69 Å². The molecule has 0 aromatic carbocycles. The van der Waals surface area contributed by atoms with Crippen LogP contribution in [0.5, 0.6) is 0 Å².